The first-order valence-corrected chi connectivity index (χ1v) is 6.10. The minimum absolute atomic E-state index is 0.284. The molecule has 0 fully saturated rings. The Morgan fingerprint density at radius 1 is 1.39 bits per heavy atom. The van der Waals surface area contributed by atoms with E-state index in [4.69, 9.17) is 4.74 Å². The maximum Gasteiger partial charge on any atom is 0.410 e. The predicted octanol–water partition coefficient (Wildman–Crippen LogP) is 2.47. The van der Waals surface area contributed by atoms with Crippen molar-refractivity contribution >= 4 is 6.09 Å². The van der Waals surface area contributed by atoms with Crippen LogP contribution in [-0.2, 0) is 11.3 Å². The van der Waals surface area contributed by atoms with Gasteiger partial charge in [0.1, 0.15) is 5.60 Å². The molecule has 2 rings (SSSR count). The van der Waals surface area contributed by atoms with Crippen molar-refractivity contribution in [2.24, 2.45) is 0 Å². The molecule has 4 heteroatoms. The van der Waals surface area contributed by atoms with E-state index in [9.17, 15) is 9.90 Å². The Bertz CT molecular complexity index is 451. The number of aliphatic hydroxyl groups excluding tert-OH is 1. The summed E-state index contributed by atoms with van der Waals surface area (Å²) in [4.78, 5) is 13.5. The Morgan fingerprint density at radius 3 is 2.72 bits per heavy atom. The molecule has 98 valence electrons. The van der Waals surface area contributed by atoms with Crippen LogP contribution in [0.1, 0.15) is 38.0 Å². The van der Waals surface area contributed by atoms with E-state index in [0.29, 0.717) is 6.54 Å². The summed E-state index contributed by atoms with van der Waals surface area (Å²) in [5, 5.41) is 10.0. The minimum Gasteiger partial charge on any atom is -0.444 e. The van der Waals surface area contributed by atoms with Gasteiger partial charge in [-0.25, -0.2) is 4.79 Å². The van der Waals surface area contributed by atoms with Gasteiger partial charge in [-0.15, -0.1) is 0 Å². The van der Waals surface area contributed by atoms with Crippen molar-refractivity contribution in [2.75, 3.05) is 6.54 Å². The summed E-state index contributed by atoms with van der Waals surface area (Å²) in [6.45, 7) is 6.27. The number of fused-ring (bicyclic) bond motifs is 1. The van der Waals surface area contributed by atoms with Crippen LogP contribution in [0.3, 0.4) is 0 Å². The van der Waals surface area contributed by atoms with Gasteiger partial charge in [-0.3, -0.25) is 0 Å². The van der Waals surface area contributed by atoms with Gasteiger partial charge in [0.2, 0.25) is 0 Å². The zero-order chi connectivity index (χ0) is 13.3. The highest BCUT2D eigenvalue weighted by atomic mass is 16.6. The van der Waals surface area contributed by atoms with Gasteiger partial charge in [0.05, 0.1) is 12.6 Å². The Morgan fingerprint density at radius 2 is 2.06 bits per heavy atom. The normalized spacial score (nSPS) is 19.3. The van der Waals surface area contributed by atoms with Crippen LogP contribution in [0.25, 0.3) is 0 Å². The molecule has 0 radical (unpaired) electrons. The number of hydrogen-bond donors (Lipinski definition) is 1. The highest BCUT2D eigenvalue weighted by molar-refractivity contribution is 5.68. The molecule has 1 aromatic rings. The average molecular weight is 249 g/mol. The molecule has 0 unspecified atom stereocenters. The lowest BCUT2D eigenvalue weighted by Gasteiger charge is -2.33. The fourth-order valence-corrected chi connectivity index (χ4v) is 2.05. The van der Waals surface area contributed by atoms with E-state index in [1.165, 1.54) is 4.90 Å². The van der Waals surface area contributed by atoms with Crippen LogP contribution < -0.4 is 0 Å². The van der Waals surface area contributed by atoms with Gasteiger partial charge in [0, 0.05) is 6.54 Å². The molecule has 1 N–H and O–H groups in total. The van der Waals surface area contributed by atoms with Gasteiger partial charge < -0.3 is 14.7 Å². The summed E-state index contributed by atoms with van der Waals surface area (Å²) in [7, 11) is 0. The van der Waals surface area contributed by atoms with Crippen molar-refractivity contribution in [1.29, 1.82) is 0 Å². The smallest absolute Gasteiger partial charge is 0.410 e. The van der Waals surface area contributed by atoms with Crippen molar-refractivity contribution in [2.45, 2.75) is 39.0 Å². The van der Waals surface area contributed by atoms with Crippen LogP contribution in [0, 0.1) is 0 Å². The number of amides is 1. The summed E-state index contributed by atoms with van der Waals surface area (Å²) in [6, 6.07) is 7.62. The van der Waals surface area contributed by atoms with Crippen molar-refractivity contribution in [3.8, 4) is 0 Å². The molecule has 1 amide bonds. The van der Waals surface area contributed by atoms with Crippen LogP contribution in [-0.4, -0.2) is 28.2 Å². The molecule has 0 saturated heterocycles. The number of nitrogens with zero attached hydrogens (tertiary/aromatic N) is 1. The number of benzene rings is 1. The zero-order valence-corrected chi connectivity index (χ0v) is 11.0. The van der Waals surface area contributed by atoms with Crippen LogP contribution in [0.5, 0.6) is 0 Å². The molecule has 0 bridgehead atoms. The lowest BCUT2D eigenvalue weighted by Crippen LogP contribution is -2.41. The number of ether oxygens (including phenoxy) is 1. The summed E-state index contributed by atoms with van der Waals surface area (Å²) in [5.41, 5.74) is 1.36. The van der Waals surface area contributed by atoms with Crippen LogP contribution in [0.4, 0.5) is 4.79 Å². The third-order valence-corrected chi connectivity index (χ3v) is 2.82. The van der Waals surface area contributed by atoms with Crippen LogP contribution in [0.2, 0.25) is 0 Å². The first kappa shape index (κ1) is 12.9. The highest BCUT2D eigenvalue weighted by Gasteiger charge is 2.29. The van der Waals surface area contributed by atoms with Crippen molar-refractivity contribution in [1.82, 2.24) is 4.90 Å². The molecular formula is C14H19NO3. The lowest BCUT2D eigenvalue weighted by atomic mass is 9.98. The van der Waals surface area contributed by atoms with Gasteiger partial charge >= 0.3 is 6.09 Å². The lowest BCUT2D eigenvalue weighted by molar-refractivity contribution is 0.00828. The average Bonchev–Trinajstić information content (AvgIpc) is 2.26. The standard InChI is InChI=1S/C14H19NO3/c1-14(2,3)18-13(17)15-8-10-6-4-5-7-11(10)12(16)9-15/h4-7,12,16H,8-9H2,1-3H3/t12-/m1/s1. The van der Waals surface area contributed by atoms with E-state index in [1.54, 1.807) is 0 Å². The first-order valence-electron chi connectivity index (χ1n) is 6.10. The van der Waals surface area contributed by atoms with E-state index >= 15 is 0 Å². The summed E-state index contributed by atoms with van der Waals surface area (Å²) in [5.74, 6) is 0. The molecule has 0 spiro atoms. The van der Waals surface area contributed by atoms with E-state index in [2.05, 4.69) is 0 Å². The monoisotopic (exact) mass is 249 g/mol. The van der Waals surface area contributed by atoms with Gasteiger partial charge in [0.25, 0.3) is 0 Å². The second-order valence-corrected chi connectivity index (χ2v) is 5.58. The Labute approximate surface area is 107 Å². The molecule has 1 aromatic carbocycles. The van der Waals surface area contributed by atoms with Gasteiger partial charge in [-0.1, -0.05) is 24.3 Å². The number of rotatable bonds is 0. The maximum atomic E-state index is 12.0. The molecule has 1 aliphatic heterocycles. The Balaban J connectivity index is 2.13. The highest BCUT2D eigenvalue weighted by Crippen LogP contribution is 2.27. The molecule has 0 aromatic heterocycles. The molecule has 18 heavy (non-hydrogen) atoms. The second kappa shape index (κ2) is 4.61. The summed E-state index contributed by atoms with van der Waals surface area (Å²) in [6.07, 6.45) is -1.02. The number of hydrogen-bond acceptors (Lipinski definition) is 3. The SMILES string of the molecule is CC(C)(C)OC(=O)N1Cc2ccccc2[C@H](O)C1. The zero-order valence-electron chi connectivity index (χ0n) is 11.0. The third kappa shape index (κ3) is 2.82. The molecule has 4 nitrogen and oxygen atoms in total. The number of carbonyl (C=O) groups is 1. The van der Waals surface area contributed by atoms with Crippen molar-refractivity contribution in [3.63, 3.8) is 0 Å². The molecule has 0 saturated carbocycles. The third-order valence-electron chi connectivity index (χ3n) is 2.82. The van der Waals surface area contributed by atoms with E-state index in [1.807, 2.05) is 45.0 Å². The number of aliphatic hydroxyl groups is 1. The van der Waals surface area contributed by atoms with E-state index in [-0.39, 0.29) is 12.6 Å². The van der Waals surface area contributed by atoms with Crippen molar-refractivity contribution < 1.29 is 14.6 Å². The largest absolute Gasteiger partial charge is 0.444 e. The quantitative estimate of drug-likeness (QED) is 0.768. The first-order chi connectivity index (χ1) is 8.37. The fourth-order valence-electron chi connectivity index (χ4n) is 2.05. The van der Waals surface area contributed by atoms with E-state index in [0.717, 1.165) is 11.1 Å². The molecular weight excluding hydrogens is 230 g/mol. The fraction of sp³-hybridized carbons (Fsp3) is 0.500. The molecule has 1 aliphatic rings. The Hall–Kier alpha value is -1.55. The predicted molar refractivity (Wildman–Crippen MR) is 68.0 cm³/mol. The molecule has 1 atom stereocenters. The van der Waals surface area contributed by atoms with Crippen LogP contribution in [0.15, 0.2) is 24.3 Å². The Kier molecular flexibility index (Phi) is 3.30. The second-order valence-electron chi connectivity index (χ2n) is 5.58. The van der Waals surface area contributed by atoms with Gasteiger partial charge in [0.15, 0.2) is 0 Å². The summed E-state index contributed by atoms with van der Waals surface area (Å²) < 4.78 is 5.32. The number of β-amino-alcohol motifs (C(OH)–C–C–N with tert-alkyl or cyclic N) is 1. The summed E-state index contributed by atoms with van der Waals surface area (Å²) >= 11 is 0. The topological polar surface area (TPSA) is 49.8 Å². The van der Waals surface area contributed by atoms with Gasteiger partial charge in [-0.05, 0) is 31.9 Å². The van der Waals surface area contributed by atoms with E-state index < -0.39 is 11.7 Å². The maximum absolute atomic E-state index is 12.0. The minimum atomic E-state index is -0.637. The van der Waals surface area contributed by atoms with Crippen LogP contribution >= 0.6 is 0 Å². The number of carbonyl (C=O) groups excluding carboxylic acids is 1. The van der Waals surface area contributed by atoms with Gasteiger partial charge in [-0.2, -0.15) is 0 Å². The molecule has 0 aliphatic carbocycles. The molecule has 1 heterocycles. The van der Waals surface area contributed by atoms with Crippen molar-refractivity contribution in [3.05, 3.63) is 35.4 Å².